The van der Waals surface area contributed by atoms with E-state index in [9.17, 15) is 25.0 Å². The fraction of sp³-hybridized carbons (Fsp3) is 0.0741. The molecule has 1 aromatic heterocycles. The summed E-state index contributed by atoms with van der Waals surface area (Å²) in [6.07, 6.45) is 0. The van der Waals surface area contributed by atoms with E-state index in [1.165, 1.54) is 0 Å². The molecule has 1 N–H and O–H groups in total. The third kappa shape index (κ3) is 4.32. The molecule has 1 amide bonds. The summed E-state index contributed by atoms with van der Waals surface area (Å²) in [5.74, 6) is 0.734. The van der Waals surface area contributed by atoms with E-state index in [2.05, 4.69) is 9.88 Å². The Labute approximate surface area is 215 Å². The van der Waals surface area contributed by atoms with Crippen LogP contribution in [0.2, 0.25) is 0 Å². The lowest BCUT2D eigenvalue weighted by molar-refractivity contribution is -0.394. The molecule has 0 aliphatic carbocycles. The van der Waals surface area contributed by atoms with Crippen LogP contribution < -0.4 is 14.8 Å². The largest absolute Gasteiger partial charge is 0.497 e. The third-order valence-electron chi connectivity index (χ3n) is 6.15. The van der Waals surface area contributed by atoms with Gasteiger partial charge in [0.2, 0.25) is 0 Å². The number of rotatable bonds is 7. The molecule has 0 unspecified atom stereocenters. The number of aromatic nitrogens is 1. The summed E-state index contributed by atoms with van der Waals surface area (Å²) >= 11 is 0. The van der Waals surface area contributed by atoms with Crippen LogP contribution in [0.25, 0.3) is 27.5 Å². The zero-order chi connectivity index (χ0) is 27.0. The average Bonchev–Trinajstić information content (AvgIpc) is 3.25. The number of methoxy groups -OCH3 is 2. The summed E-state index contributed by atoms with van der Waals surface area (Å²) in [4.78, 5) is 33.5. The van der Waals surface area contributed by atoms with Gasteiger partial charge in [-0.05, 0) is 60.7 Å². The third-order valence-corrected chi connectivity index (χ3v) is 6.15. The van der Waals surface area contributed by atoms with E-state index >= 15 is 0 Å². The van der Waals surface area contributed by atoms with Gasteiger partial charge in [-0.15, -0.1) is 0 Å². The number of hydrogen-bond acceptors (Lipinski definition) is 7. The van der Waals surface area contributed by atoms with Crippen LogP contribution in [-0.4, -0.2) is 34.5 Å². The molecule has 0 spiro atoms. The van der Waals surface area contributed by atoms with Gasteiger partial charge in [-0.25, -0.2) is 0 Å². The molecule has 0 bridgehead atoms. The number of non-ortho nitro benzene ring substituents is 2. The Bertz CT molecular complexity index is 1650. The van der Waals surface area contributed by atoms with Crippen LogP contribution in [0.5, 0.6) is 11.5 Å². The Morgan fingerprint density at radius 3 is 1.68 bits per heavy atom. The van der Waals surface area contributed by atoms with Gasteiger partial charge in [-0.1, -0.05) is 0 Å². The second-order valence-corrected chi connectivity index (χ2v) is 8.35. The zero-order valence-electron chi connectivity index (χ0n) is 20.2. The number of benzene rings is 4. The molecule has 0 fully saturated rings. The molecule has 4 aromatic carbocycles. The lowest BCUT2D eigenvalue weighted by Crippen LogP contribution is -2.12. The molecule has 0 aliphatic rings. The fourth-order valence-electron chi connectivity index (χ4n) is 4.35. The lowest BCUT2D eigenvalue weighted by Gasteiger charge is -2.10. The topological polar surface area (TPSA) is 139 Å². The number of carbonyl (C=O) groups is 1. The predicted molar refractivity (Wildman–Crippen MR) is 142 cm³/mol. The van der Waals surface area contributed by atoms with E-state index in [4.69, 9.17) is 9.47 Å². The summed E-state index contributed by atoms with van der Waals surface area (Å²) < 4.78 is 12.9. The van der Waals surface area contributed by atoms with Crippen molar-refractivity contribution in [1.82, 2.24) is 4.57 Å². The predicted octanol–water partition coefficient (Wildman–Crippen LogP) is 5.87. The van der Waals surface area contributed by atoms with Crippen LogP contribution in [0, 0.1) is 20.2 Å². The minimum Gasteiger partial charge on any atom is -0.497 e. The van der Waals surface area contributed by atoms with Gasteiger partial charge in [0.05, 0.1) is 46.7 Å². The van der Waals surface area contributed by atoms with Crippen LogP contribution in [-0.2, 0) is 0 Å². The first-order chi connectivity index (χ1) is 18.3. The number of fused-ring (bicyclic) bond motifs is 3. The number of anilines is 1. The number of nitro benzene ring substituents is 2. The van der Waals surface area contributed by atoms with Crippen LogP contribution in [0.3, 0.4) is 0 Å². The maximum atomic E-state index is 12.8. The highest BCUT2D eigenvalue weighted by atomic mass is 16.6. The maximum Gasteiger partial charge on any atom is 0.277 e. The Morgan fingerprint density at radius 1 is 0.737 bits per heavy atom. The molecular formula is C27H20N4O7. The van der Waals surface area contributed by atoms with Gasteiger partial charge >= 0.3 is 0 Å². The smallest absolute Gasteiger partial charge is 0.277 e. The van der Waals surface area contributed by atoms with Crippen molar-refractivity contribution in [2.24, 2.45) is 0 Å². The Balaban J connectivity index is 1.51. The standard InChI is InChI=1S/C27H20N4O7/c1-37-21-7-9-25-23(14-21)24-15-22(38-2)8-10-26(24)29(25)18-5-3-17(4-6-18)28-27(32)16-11-19(30(33)34)13-20(12-16)31(35)36/h3-15H,1-2H3,(H,28,32). The second-order valence-electron chi connectivity index (χ2n) is 8.35. The van der Waals surface area contributed by atoms with E-state index < -0.39 is 27.1 Å². The number of amides is 1. The summed E-state index contributed by atoms with van der Waals surface area (Å²) in [7, 11) is 3.22. The van der Waals surface area contributed by atoms with Crippen LogP contribution in [0.1, 0.15) is 10.4 Å². The summed E-state index contributed by atoms with van der Waals surface area (Å²) in [5.41, 5.74) is 1.84. The normalized spacial score (nSPS) is 10.9. The molecule has 0 atom stereocenters. The van der Waals surface area contributed by atoms with Crippen molar-refractivity contribution in [3.8, 4) is 17.2 Å². The fourth-order valence-corrected chi connectivity index (χ4v) is 4.35. The van der Waals surface area contributed by atoms with Gasteiger partial charge in [0.1, 0.15) is 11.5 Å². The molecule has 0 saturated heterocycles. The monoisotopic (exact) mass is 512 g/mol. The Kier molecular flexibility index (Phi) is 6.09. The van der Waals surface area contributed by atoms with Crippen LogP contribution in [0.4, 0.5) is 17.1 Å². The van der Waals surface area contributed by atoms with Gasteiger partial charge in [0, 0.05) is 34.3 Å². The van der Waals surface area contributed by atoms with Crippen molar-refractivity contribution in [3.63, 3.8) is 0 Å². The minimum atomic E-state index is -0.782. The highest BCUT2D eigenvalue weighted by Gasteiger charge is 2.20. The molecule has 1 heterocycles. The summed E-state index contributed by atoms with van der Waals surface area (Å²) in [6, 6.07) is 21.4. The molecule has 0 saturated carbocycles. The van der Waals surface area contributed by atoms with Crippen molar-refractivity contribution in [2.75, 3.05) is 19.5 Å². The van der Waals surface area contributed by atoms with Crippen molar-refractivity contribution in [2.45, 2.75) is 0 Å². The van der Waals surface area contributed by atoms with E-state index in [1.54, 1.807) is 26.4 Å². The number of ether oxygens (including phenoxy) is 2. The van der Waals surface area contributed by atoms with Crippen molar-refractivity contribution < 1.29 is 24.1 Å². The number of nitrogens with zero attached hydrogens (tertiary/aromatic N) is 3. The van der Waals surface area contributed by atoms with Gasteiger partial charge in [-0.2, -0.15) is 0 Å². The number of hydrogen-bond donors (Lipinski definition) is 1. The lowest BCUT2D eigenvalue weighted by atomic mass is 10.1. The zero-order valence-corrected chi connectivity index (χ0v) is 20.2. The second kappa shape index (κ2) is 9.54. The molecular weight excluding hydrogens is 492 g/mol. The minimum absolute atomic E-state index is 0.194. The van der Waals surface area contributed by atoms with Crippen molar-refractivity contribution >= 4 is 44.8 Å². The first kappa shape index (κ1) is 24.3. The average molecular weight is 512 g/mol. The highest BCUT2D eigenvalue weighted by molar-refractivity contribution is 6.10. The van der Waals surface area contributed by atoms with Crippen molar-refractivity contribution in [1.29, 1.82) is 0 Å². The number of nitro groups is 2. The molecule has 5 rings (SSSR count). The van der Waals surface area contributed by atoms with Crippen molar-refractivity contribution in [3.05, 3.63) is 105 Å². The van der Waals surface area contributed by atoms with Crippen LogP contribution >= 0.6 is 0 Å². The van der Waals surface area contributed by atoms with E-state index in [1.807, 2.05) is 48.5 Å². The molecule has 190 valence electrons. The van der Waals surface area contributed by atoms with Gasteiger partial charge in [0.25, 0.3) is 17.3 Å². The Morgan fingerprint density at radius 2 is 1.24 bits per heavy atom. The van der Waals surface area contributed by atoms with Crippen LogP contribution in [0.15, 0.2) is 78.9 Å². The Hall–Kier alpha value is -5.45. The highest BCUT2D eigenvalue weighted by Crippen LogP contribution is 2.36. The number of carbonyl (C=O) groups excluding carboxylic acids is 1. The first-order valence-corrected chi connectivity index (χ1v) is 11.3. The molecule has 11 heteroatoms. The maximum absolute atomic E-state index is 12.8. The molecule has 38 heavy (non-hydrogen) atoms. The summed E-state index contributed by atoms with van der Waals surface area (Å²) in [5, 5.41) is 26.9. The SMILES string of the molecule is COc1ccc2c(c1)c1cc(OC)ccc1n2-c1ccc(NC(=O)c2cc([N+](=O)[O-])cc([N+](=O)[O-])c2)cc1. The molecule has 0 radical (unpaired) electrons. The van der Waals surface area contributed by atoms with Gasteiger partial charge < -0.3 is 19.4 Å². The van der Waals surface area contributed by atoms with Gasteiger partial charge in [0.15, 0.2) is 0 Å². The van der Waals surface area contributed by atoms with E-state index in [0.29, 0.717) is 5.69 Å². The number of nitrogens with one attached hydrogen (secondary N) is 1. The molecule has 5 aromatic rings. The summed E-state index contributed by atoms with van der Waals surface area (Å²) in [6.45, 7) is 0. The van der Waals surface area contributed by atoms with E-state index in [0.717, 1.165) is 57.2 Å². The molecule has 11 nitrogen and oxygen atoms in total. The van der Waals surface area contributed by atoms with Gasteiger partial charge in [-0.3, -0.25) is 25.0 Å². The quantitative estimate of drug-likeness (QED) is 0.212. The molecule has 0 aliphatic heterocycles. The van der Waals surface area contributed by atoms with E-state index in [-0.39, 0.29) is 5.56 Å². The first-order valence-electron chi connectivity index (χ1n) is 11.3.